The molecule has 32 heavy (non-hydrogen) atoms. The van der Waals surface area contributed by atoms with Crippen LogP contribution < -0.4 is 4.72 Å². The third kappa shape index (κ3) is 4.32. The van der Waals surface area contributed by atoms with Crippen LogP contribution >= 0.6 is 11.6 Å². The molecule has 0 radical (unpaired) electrons. The van der Waals surface area contributed by atoms with E-state index in [-0.39, 0.29) is 5.95 Å². The number of sulfonamides is 1. The first kappa shape index (κ1) is 22.6. The van der Waals surface area contributed by atoms with Gasteiger partial charge in [-0.15, -0.1) is 10.2 Å². The highest BCUT2D eigenvalue weighted by atomic mass is 35.5. The summed E-state index contributed by atoms with van der Waals surface area (Å²) in [5.74, 6) is 0.595. The molecule has 4 rings (SSSR count). The van der Waals surface area contributed by atoms with Gasteiger partial charge in [-0.05, 0) is 31.9 Å². The van der Waals surface area contributed by atoms with Crippen LogP contribution in [0.15, 0.2) is 36.9 Å². The average molecular weight is 478 g/mol. The van der Waals surface area contributed by atoms with Gasteiger partial charge in [-0.1, -0.05) is 18.5 Å². The van der Waals surface area contributed by atoms with E-state index in [1.165, 1.54) is 12.4 Å². The fourth-order valence-corrected chi connectivity index (χ4v) is 4.91. The number of nitrogens with one attached hydrogen (secondary N) is 1. The van der Waals surface area contributed by atoms with Crippen LogP contribution in [0.5, 0.6) is 0 Å². The van der Waals surface area contributed by atoms with Crippen LogP contribution in [-0.4, -0.2) is 57.1 Å². The van der Waals surface area contributed by atoms with Gasteiger partial charge < -0.3 is 4.74 Å². The number of methoxy groups -OCH3 is 1. The maximum Gasteiger partial charge on any atom is 0.239 e. The van der Waals surface area contributed by atoms with Crippen molar-refractivity contribution < 1.29 is 13.2 Å². The molecule has 1 fully saturated rings. The van der Waals surface area contributed by atoms with Crippen molar-refractivity contribution in [3.63, 3.8) is 0 Å². The number of hydrogen-bond donors (Lipinski definition) is 1. The predicted molar refractivity (Wildman–Crippen MR) is 120 cm³/mol. The van der Waals surface area contributed by atoms with E-state index in [0.29, 0.717) is 23.3 Å². The Labute approximate surface area is 191 Å². The molecule has 3 aromatic heterocycles. The van der Waals surface area contributed by atoms with E-state index in [1.54, 1.807) is 39.4 Å². The van der Waals surface area contributed by atoms with Crippen molar-refractivity contribution >= 4 is 27.6 Å². The minimum Gasteiger partial charge on any atom is -0.382 e. The zero-order valence-electron chi connectivity index (χ0n) is 17.9. The summed E-state index contributed by atoms with van der Waals surface area (Å²) in [6, 6.07) is 3.65. The molecule has 10 nitrogen and oxygen atoms in total. The van der Waals surface area contributed by atoms with Gasteiger partial charge in [-0.25, -0.2) is 18.4 Å². The van der Waals surface area contributed by atoms with Gasteiger partial charge in [0.1, 0.15) is 5.82 Å². The lowest BCUT2D eigenvalue weighted by molar-refractivity contribution is 0.145. The maximum atomic E-state index is 13.3. The van der Waals surface area contributed by atoms with Crippen LogP contribution in [0.1, 0.15) is 38.4 Å². The van der Waals surface area contributed by atoms with Gasteiger partial charge in [0.2, 0.25) is 16.0 Å². The quantitative estimate of drug-likeness (QED) is 0.498. The number of anilines is 1. The third-order valence-electron chi connectivity index (χ3n) is 5.77. The number of pyridine rings is 1. The van der Waals surface area contributed by atoms with Crippen molar-refractivity contribution in [2.45, 2.75) is 43.4 Å². The predicted octanol–water partition coefficient (Wildman–Crippen LogP) is 2.85. The Balaban J connectivity index is 1.68. The van der Waals surface area contributed by atoms with Crippen molar-refractivity contribution in [1.29, 1.82) is 0 Å². The zero-order chi connectivity index (χ0) is 22.9. The molecule has 3 heterocycles. The summed E-state index contributed by atoms with van der Waals surface area (Å²) >= 11 is 5.85. The summed E-state index contributed by atoms with van der Waals surface area (Å²) < 4.78 is 36.4. The van der Waals surface area contributed by atoms with E-state index >= 15 is 0 Å². The second kappa shape index (κ2) is 8.72. The molecule has 1 aliphatic carbocycles. The Morgan fingerprint density at radius 2 is 1.94 bits per heavy atom. The van der Waals surface area contributed by atoms with Gasteiger partial charge in [0.05, 0.1) is 22.4 Å². The highest BCUT2D eigenvalue weighted by molar-refractivity contribution is 7.93. The SMILES string of the molecule is COCC1(n2c(NS(=O)(=O)C(C)C(C)c3ncc(Cl)cn3)nnc2-c2cccnc2)CC1. The summed E-state index contributed by atoms with van der Waals surface area (Å²) in [5.41, 5.74) is 0.332. The van der Waals surface area contributed by atoms with Crippen molar-refractivity contribution in [1.82, 2.24) is 29.7 Å². The van der Waals surface area contributed by atoms with E-state index in [1.807, 2.05) is 10.6 Å². The first-order chi connectivity index (χ1) is 15.3. The van der Waals surface area contributed by atoms with E-state index in [2.05, 4.69) is 29.9 Å². The molecule has 1 N–H and O–H groups in total. The summed E-state index contributed by atoms with van der Waals surface area (Å²) in [5, 5.41) is 8.01. The van der Waals surface area contributed by atoms with Gasteiger partial charge in [0, 0.05) is 43.4 Å². The van der Waals surface area contributed by atoms with Gasteiger partial charge in [0.15, 0.2) is 5.82 Å². The number of ether oxygens (including phenoxy) is 1. The molecule has 3 aromatic rings. The van der Waals surface area contributed by atoms with Gasteiger partial charge in [0.25, 0.3) is 0 Å². The van der Waals surface area contributed by atoms with Crippen LogP contribution in [-0.2, 0) is 20.3 Å². The topological polar surface area (TPSA) is 125 Å². The molecule has 12 heteroatoms. The Bertz CT molecular complexity index is 1180. The molecule has 0 aromatic carbocycles. The second-order valence-corrected chi connectivity index (χ2v) is 10.5. The van der Waals surface area contributed by atoms with Crippen molar-refractivity contribution in [2.24, 2.45) is 0 Å². The van der Waals surface area contributed by atoms with E-state index in [0.717, 1.165) is 18.4 Å². The summed E-state index contributed by atoms with van der Waals surface area (Å²) in [7, 11) is -2.23. The van der Waals surface area contributed by atoms with Crippen LogP contribution in [0.25, 0.3) is 11.4 Å². The van der Waals surface area contributed by atoms with Crippen LogP contribution in [0.2, 0.25) is 5.02 Å². The Morgan fingerprint density at radius 1 is 1.22 bits per heavy atom. The number of halogens is 1. The highest BCUT2D eigenvalue weighted by Crippen LogP contribution is 2.47. The lowest BCUT2D eigenvalue weighted by Crippen LogP contribution is -2.33. The molecular weight excluding hydrogens is 454 g/mol. The molecule has 0 bridgehead atoms. The van der Waals surface area contributed by atoms with Crippen LogP contribution in [0.3, 0.4) is 0 Å². The molecular formula is C20H24ClN7O3S. The van der Waals surface area contributed by atoms with Gasteiger partial charge >= 0.3 is 0 Å². The second-order valence-electron chi connectivity index (χ2n) is 7.98. The monoisotopic (exact) mass is 477 g/mol. The fraction of sp³-hybridized carbons (Fsp3) is 0.450. The molecule has 170 valence electrons. The minimum absolute atomic E-state index is 0.148. The zero-order valence-corrected chi connectivity index (χ0v) is 19.5. The van der Waals surface area contributed by atoms with Crippen molar-refractivity contribution in [2.75, 3.05) is 18.4 Å². The number of aromatic nitrogens is 6. The molecule has 0 spiro atoms. The Hall–Kier alpha value is -2.63. The van der Waals surface area contributed by atoms with Gasteiger partial charge in [-0.3, -0.25) is 14.3 Å². The van der Waals surface area contributed by atoms with Crippen molar-refractivity contribution in [3.05, 3.63) is 47.8 Å². The van der Waals surface area contributed by atoms with E-state index in [9.17, 15) is 8.42 Å². The standard InChI is InChI=1S/C20H24ClN7O3S/c1-13(17-23-10-16(21)11-24-17)14(2)32(29,30)27-19-26-25-18(15-5-4-8-22-9-15)28(19)20(6-7-20)12-31-3/h4-5,8-11,13-14H,6-7,12H2,1-3H3,(H,26,27). The van der Waals surface area contributed by atoms with Gasteiger partial charge in [-0.2, -0.15) is 0 Å². The first-order valence-electron chi connectivity index (χ1n) is 10.1. The van der Waals surface area contributed by atoms with E-state index < -0.39 is 26.7 Å². The van der Waals surface area contributed by atoms with Crippen LogP contribution in [0, 0.1) is 0 Å². The number of hydrogen-bond acceptors (Lipinski definition) is 8. The summed E-state index contributed by atoms with van der Waals surface area (Å²) in [6.45, 7) is 3.78. The van der Waals surface area contributed by atoms with Crippen LogP contribution in [0.4, 0.5) is 5.95 Å². The Morgan fingerprint density at radius 3 is 2.53 bits per heavy atom. The first-order valence-corrected chi connectivity index (χ1v) is 12.0. The Kier molecular flexibility index (Phi) is 6.15. The molecule has 0 saturated heterocycles. The molecule has 2 unspecified atom stereocenters. The average Bonchev–Trinajstić information content (AvgIpc) is 3.44. The lowest BCUT2D eigenvalue weighted by atomic mass is 10.1. The minimum atomic E-state index is -3.85. The normalized spacial score (nSPS) is 17.0. The number of nitrogens with zero attached hydrogens (tertiary/aromatic N) is 6. The maximum absolute atomic E-state index is 13.3. The lowest BCUT2D eigenvalue weighted by Gasteiger charge is -2.23. The number of rotatable bonds is 9. The molecule has 1 aliphatic rings. The van der Waals surface area contributed by atoms with E-state index in [4.69, 9.17) is 16.3 Å². The molecule has 0 aliphatic heterocycles. The molecule has 1 saturated carbocycles. The summed E-state index contributed by atoms with van der Waals surface area (Å²) in [6.07, 6.45) is 7.88. The molecule has 2 atom stereocenters. The van der Waals surface area contributed by atoms with Crippen molar-refractivity contribution in [3.8, 4) is 11.4 Å². The highest BCUT2D eigenvalue weighted by Gasteiger charge is 2.48. The molecule has 0 amide bonds. The third-order valence-corrected chi connectivity index (χ3v) is 7.82. The fourth-order valence-electron chi connectivity index (χ4n) is 3.58. The summed E-state index contributed by atoms with van der Waals surface area (Å²) in [4.78, 5) is 12.5. The smallest absolute Gasteiger partial charge is 0.239 e. The largest absolute Gasteiger partial charge is 0.382 e.